The van der Waals surface area contributed by atoms with Gasteiger partial charge in [0.2, 0.25) is 5.88 Å². The number of hydrogen-bond acceptors (Lipinski definition) is 5. The lowest BCUT2D eigenvalue weighted by Gasteiger charge is -2.12. The van der Waals surface area contributed by atoms with Gasteiger partial charge in [0.25, 0.3) is 0 Å². The third-order valence-corrected chi connectivity index (χ3v) is 6.28. The zero-order chi connectivity index (χ0) is 20.0. The predicted octanol–water partition coefficient (Wildman–Crippen LogP) is 5.03. The first-order valence-electron chi connectivity index (χ1n) is 8.64. The van der Waals surface area contributed by atoms with Gasteiger partial charge < -0.3 is 9.64 Å². The summed E-state index contributed by atoms with van der Waals surface area (Å²) in [5.74, 6) is 0.991. The van der Waals surface area contributed by atoms with Crippen LogP contribution >= 0.6 is 15.9 Å². The SMILES string of the molecule is CCN=S(C)(=O)c1cccc(Oc2nc(C)c(N=CN(C)CC)cc2Br)c1. The lowest BCUT2D eigenvalue weighted by Crippen LogP contribution is -2.14. The standard InChI is InChI=1S/C19H25BrN4O2S/c1-6-22-27(5,25)16-10-8-9-15(11-16)26-19-17(20)12-18(14(3)23-19)21-13-24(4)7-2/h8-13H,6-7H2,1-5H3. The molecule has 0 aliphatic heterocycles. The van der Waals surface area contributed by atoms with Crippen molar-refractivity contribution in [1.82, 2.24) is 9.88 Å². The van der Waals surface area contributed by atoms with Crippen molar-refractivity contribution in [2.24, 2.45) is 9.36 Å². The molecule has 1 aromatic heterocycles. The number of benzene rings is 1. The number of ether oxygens (including phenoxy) is 1. The molecule has 0 spiro atoms. The molecule has 6 nitrogen and oxygen atoms in total. The van der Waals surface area contributed by atoms with E-state index in [9.17, 15) is 4.21 Å². The summed E-state index contributed by atoms with van der Waals surface area (Å²) in [6.07, 6.45) is 3.41. The quantitative estimate of drug-likeness (QED) is 0.436. The molecule has 0 N–H and O–H groups in total. The number of aromatic nitrogens is 1. The number of pyridine rings is 1. The van der Waals surface area contributed by atoms with Crippen molar-refractivity contribution in [3.05, 3.63) is 40.5 Å². The van der Waals surface area contributed by atoms with Crippen molar-refractivity contribution in [2.45, 2.75) is 25.7 Å². The molecule has 0 saturated heterocycles. The minimum atomic E-state index is -2.43. The Morgan fingerprint density at radius 2 is 2.07 bits per heavy atom. The summed E-state index contributed by atoms with van der Waals surface area (Å²) in [7, 11) is -0.468. The fourth-order valence-corrected chi connectivity index (χ4v) is 3.89. The summed E-state index contributed by atoms with van der Waals surface area (Å²) < 4.78 is 23.4. The van der Waals surface area contributed by atoms with Crippen LogP contribution in [0.4, 0.5) is 5.69 Å². The zero-order valence-electron chi connectivity index (χ0n) is 16.3. The molecule has 0 saturated carbocycles. The van der Waals surface area contributed by atoms with Gasteiger partial charge in [-0.3, -0.25) is 0 Å². The number of rotatable bonds is 7. The van der Waals surface area contributed by atoms with Gasteiger partial charge in [-0.15, -0.1) is 0 Å². The minimum absolute atomic E-state index is 0.433. The maximum absolute atomic E-state index is 12.6. The first kappa shape index (κ1) is 21.4. The third-order valence-electron chi connectivity index (χ3n) is 3.83. The van der Waals surface area contributed by atoms with Crippen LogP contribution in [0.15, 0.2) is 49.1 Å². The molecule has 1 aromatic carbocycles. The van der Waals surface area contributed by atoms with E-state index in [1.54, 1.807) is 36.9 Å². The van der Waals surface area contributed by atoms with E-state index < -0.39 is 9.73 Å². The van der Waals surface area contributed by atoms with Crippen LogP contribution < -0.4 is 4.74 Å². The molecule has 1 atom stereocenters. The molecule has 0 aliphatic rings. The zero-order valence-corrected chi connectivity index (χ0v) is 18.7. The van der Waals surface area contributed by atoms with Gasteiger partial charge in [-0.1, -0.05) is 6.07 Å². The summed E-state index contributed by atoms with van der Waals surface area (Å²) in [5, 5.41) is 0. The molecule has 1 unspecified atom stereocenters. The molecule has 0 amide bonds. The van der Waals surface area contributed by atoms with E-state index >= 15 is 0 Å². The summed E-state index contributed by atoms with van der Waals surface area (Å²) in [4.78, 5) is 11.6. The highest BCUT2D eigenvalue weighted by Crippen LogP contribution is 2.33. The van der Waals surface area contributed by atoms with E-state index in [0.29, 0.717) is 27.5 Å². The van der Waals surface area contributed by atoms with Crippen LogP contribution in [-0.4, -0.2) is 46.8 Å². The Balaban J connectivity index is 2.31. The molecule has 0 bridgehead atoms. The second kappa shape index (κ2) is 9.32. The van der Waals surface area contributed by atoms with Crippen LogP contribution in [0.25, 0.3) is 0 Å². The van der Waals surface area contributed by atoms with Gasteiger partial charge in [0.05, 0.1) is 36.8 Å². The van der Waals surface area contributed by atoms with Crippen molar-refractivity contribution in [3.63, 3.8) is 0 Å². The van der Waals surface area contributed by atoms with Crippen molar-refractivity contribution in [1.29, 1.82) is 0 Å². The average Bonchev–Trinajstić information content (AvgIpc) is 2.63. The second-order valence-electron chi connectivity index (χ2n) is 6.02. The molecule has 27 heavy (non-hydrogen) atoms. The predicted molar refractivity (Wildman–Crippen MR) is 115 cm³/mol. The Morgan fingerprint density at radius 3 is 2.74 bits per heavy atom. The van der Waals surface area contributed by atoms with Crippen molar-refractivity contribution in [2.75, 3.05) is 26.4 Å². The number of halogens is 1. The molecule has 0 fully saturated rings. The third kappa shape index (κ3) is 5.77. The molecule has 8 heteroatoms. The Hall–Kier alpha value is -1.93. The van der Waals surface area contributed by atoms with Gasteiger partial charge in [-0.05, 0) is 61.0 Å². The second-order valence-corrected chi connectivity index (χ2v) is 9.21. The maximum Gasteiger partial charge on any atom is 0.233 e. The largest absolute Gasteiger partial charge is 0.438 e. The number of aliphatic imine (C=N–C) groups is 1. The molecule has 2 rings (SSSR count). The summed E-state index contributed by atoms with van der Waals surface area (Å²) in [5.41, 5.74) is 1.52. The van der Waals surface area contributed by atoms with Gasteiger partial charge in [-0.25, -0.2) is 18.5 Å². The van der Waals surface area contributed by atoms with E-state index in [2.05, 4.69) is 37.2 Å². The summed E-state index contributed by atoms with van der Waals surface area (Å²) in [6, 6.07) is 9.02. The highest BCUT2D eigenvalue weighted by molar-refractivity contribution is 9.10. The van der Waals surface area contributed by atoms with Gasteiger partial charge in [0, 0.05) is 26.4 Å². The first-order chi connectivity index (χ1) is 12.8. The molecular weight excluding hydrogens is 428 g/mol. The fourth-order valence-electron chi connectivity index (χ4n) is 2.20. The van der Waals surface area contributed by atoms with Crippen molar-refractivity contribution >= 4 is 37.7 Å². The summed E-state index contributed by atoms with van der Waals surface area (Å²) in [6.45, 7) is 7.19. The van der Waals surface area contributed by atoms with E-state index in [1.165, 1.54) is 0 Å². The van der Waals surface area contributed by atoms with Crippen molar-refractivity contribution < 1.29 is 8.95 Å². The topological polar surface area (TPSA) is 67.1 Å². The van der Waals surface area contributed by atoms with Crippen LogP contribution in [0, 0.1) is 6.92 Å². The smallest absolute Gasteiger partial charge is 0.233 e. The Bertz CT molecular complexity index is 953. The monoisotopic (exact) mass is 452 g/mol. The van der Waals surface area contributed by atoms with E-state index in [-0.39, 0.29) is 0 Å². The van der Waals surface area contributed by atoms with E-state index in [1.807, 2.05) is 31.9 Å². The van der Waals surface area contributed by atoms with Gasteiger partial charge >= 0.3 is 0 Å². The highest BCUT2D eigenvalue weighted by Gasteiger charge is 2.12. The van der Waals surface area contributed by atoms with Gasteiger partial charge in [-0.2, -0.15) is 0 Å². The number of aryl methyl sites for hydroxylation is 1. The van der Waals surface area contributed by atoms with E-state index in [4.69, 9.17) is 4.74 Å². The number of nitrogens with zero attached hydrogens (tertiary/aromatic N) is 4. The normalized spacial score (nSPS) is 13.4. The lowest BCUT2D eigenvalue weighted by molar-refractivity contribution is 0.457. The highest BCUT2D eigenvalue weighted by atomic mass is 79.9. The Labute approximate surface area is 170 Å². The van der Waals surface area contributed by atoms with Crippen LogP contribution in [0.2, 0.25) is 0 Å². The molecule has 2 aromatic rings. The van der Waals surface area contributed by atoms with Crippen molar-refractivity contribution in [3.8, 4) is 11.6 Å². The van der Waals surface area contributed by atoms with E-state index in [0.717, 1.165) is 17.9 Å². The molecular formula is C19H25BrN4O2S. The minimum Gasteiger partial charge on any atom is -0.438 e. The average molecular weight is 453 g/mol. The lowest BCUT2D eigenvalue weighted by atomic mass is 10.3. The fraction of sp³-hybridized carbons (Fsp3) is 0.368. The molecule has 146 valence electrons. The molecule has 0 aliphatic carbocycles. The van der Waals surface area contributed by atoms with Crippen LogP contribution in [0.5, 0.6) is 11.6 Å². The molecule has 0 radical (unpaired) electrons. The Kier molecular flexibility index (Phi) is 7.38. The van der Waals surface area contributed by atoms with Crippen LogP contribution in [-0.2, 0) is 9.73 Å². The Morgan fingerprint density at radius 1 is 1.33 bits per heavy atom. The first-order valence-corrected chi connectivity index (χ1v) is 11.4. The van der Waals surface area contributed by atoms with Crippen LogP contribution in [0.3, 0.4) is 0 Å². The maximum atomic E-state index is 12.6. The number of hydrogen-bond donors (Lipinski definition) is 0. The van der Waals surface area contributed by atoms with Gasteiger partial charge in [0.1, 0.15) is 5.75 Å². The molecule has 1 heterocycles. The van der Waals surface area contributed by atoms with Gasteiger partial charge in [0.15, 0.2) is 0 Å². The van der Waals surface area contributed by atoms with Crippen LogP contribution in [0.1, 0.15) is 19.5 Å². The summed E-state index contributed by atoms with van der Waals surface area (Å²) >= 11 is 3.50.